The van der Waals surface area contributed by atoms with Crippen LogP contribution in [0.15, 0.2) is 163 Å². The number of aliphatic carboxylic acids is 1. The topological polar surface area (TPSA) is 90.1 Å². The first-order valence-electron chi connectivity index (χ1n) is 30.1. The molecule has 2 unspecified atom stereocenters. The number of hydrogen-bond acceptors (Lipinski definition) is 8. The standard InChI is InChI=1S/C75H74N4O2S3/c1-9-13-15-51(11-3)44-75(45-52(12-4)16-14-10-2)72-66(42-68(82-72)57-21-19-53(20-22-57)41-58(46-76)74(80)81)67-43-69(83-73(67)75)65-38-37-64(70-71(65)78-84-77-70)56-27-33-61(34-28-56)79(59-29-23-54(24-30-59)62-35-17-47(5)39-49(62)7)60-31-25-55(26-32-60)63-36-18-48(6)40-50(63)8/h17-43,51-52H,9-16,44-45H2,1-8H3,(H,80,81)/b58-41+. The van der Waals surface area contributed by atoms with Crippen LogP contribution in [0.4, 0.5) is 17.1 Å². The van der Waals surface area contributed by atoms with Crippen molar-refractivity contribution in [1.82, 2.24) is 8.75 Å². The molecule has 0 saturated heterocycles. The molecule has 2 atom stereocenters. The van der Waals surface area contributed by atoms with Gasteiger partial charge in [-0.25, -0.2) is 4.79 Å². The Kier molecular flexibility index (Phi) is 17.4. The lowest BCUT2D eigenvalue weighted by molar-refractivity contribution is -0.132. The maximum atomic E-state index is 11.7. The molecule has 1 aliphatic rings. The maximum Gasteiger partial charge on any atom is 0.346 e. The van der Waals surface area contributed by atoms with Crippen LogP contribution in [0, 0.1) is 50.9 Å². The van der Waals surface area contributed by atoms with E-state index in [1.54, 1.807) is 0 Å². The third kappa shape index (κ3) is 11.6. The van der Waals surface area contributed by atoms with Gasteiger partial charge in [-0.1, -0.05) is 199 Å². The molecule has 3 aromatic heterocycles. The highest BCUT2D eigenvalue weighted by atomic mass is 32.1. The Bertz CT molecular complexity index is 3950. The molecule has 11 rings (SSSR count). The van der Waals surface area contributed by atoms with Crippen LogP contribution in [-0.2, 0) is 10.2 Å². The van der Waals surface area contributed by atoms with Crippen LogP contribution in [-0.4, -0.2) is 19.8 Å². The molecule has 0 bridgehead atoms. The number of aromatic nitrogens is 2. The van der Waals surface area contributed by atoms with E-state index in [9.17, 15) is 15.2 Å². The van der Waals surface area contributed by atoms with E-state index in [1.165, 1.54) is 131 Å². The van der Waals surface area contributed by atoms with Crippen LogP contribution in [0.1, 0.15) is 129 Å². The summed E-state index contributed by atoms with van der Waals surface area (Å²) >= 11 is 5.23. The van der Waals surface area contributed by atoms with Crippen molar-refractivity contribution in [1.29, 1.82) is 5.26 Å². The minimum Gasteiger partial charge on any atom is -0.477 e. The average molecular weight is 1160 g/mol. The normalized spacial score (nSPS) is 14.5. The molecule has 9 heteroatoms. The Hall–Kier alpha value is -7.74. The third-order valence-electron chi connectivity index (χ3n) is 17.6. The summed E-state index contributed by atoms with van der Waals surface area (Å²) in [6.45, 7) is 18.1. The van der Waals surface area contributed by atoms with Crippen molar-refractivity contribution >= 4 is 74.5 Å². The second-order valence-corrected chi connectivity index (χ2v) is 26.0. The zero-order chi connectivity index (χ0) is 58.6. The van der Waals surface area contributed by atoms with E-state index >= 15 is 0 Å². The number of nitriles is 1. The average Bonchev–Trinajstić information content (AvgIpc) is 2.00. The van der Waals surface area contributed by atoms with Crippen molar-refractivity contribution < 1.29 is 9.90 Å². The Morgan fingerprint density at radius 2 is 0.976 bits per heavy atom. The first-order chi connectivity index (χ1) is 40.8. The molecular formula is C75H74N4O2S3. The van der Waals surface area contributed by atoms with E-state index in [4.69, 9.17) is 8.75 Å². The second-order valence-electron chi connectivity index (χ2n) is 23.4. The highest BCUT2D eigenvalue weighted by Crippen LogP contribution is 2.63. The molecule has 0 radical (unpaired) electrons. The number of fused-ring (bicyclic) bond motifs is 4. The summed E-state index contributed by atoms with van der Waals surface area (Å²) in [7, 11) is 0. The second kappa shape index (κ2) is 25.2. The fourth-order valence-corrected chi connectivity index (χ4v) is 16.5. The molecule has 10 aromatic rings. The number of nitrogens with zero attached hydrogens (tertiary/aromatic N) is 4. The Balaban J connectivity index is 0.973. The summed E-state index contributed by atoms with van der Waals surface area (Å²) in [6, 6.07) is 59.6. The molecule has 0 aliphatic heterocycles. The quantitative estimate of drug-likeness (QED) is 0.0537. The first-order valence-corrected chi connectivity index (χ1v) is 32.5. The lowest BCUT2D eigenvalue weighted by Crippen LogP contribution is -2.30. The molecule has 6 nitrogen and oxygen atoms in total. The number of carboxylic acids is 1. The van der Waals surface area contributed by atoms with E-state index in [0.29, 0.717) is 17.4 Å². The molecule has 424 valence electrons. The highest BCUT2D eigenvalue weighted by molar-refractivity contribution is 7.18. The fourth-order valence-electron chi connectivity index (χ4n) is 13.0. The highest BCUT2D eigenvalue weighted by Gasteiger charge is 2.49. The van der Waals surface area contributed by atoms with E-state index in [-0.39, 0.29) is 11.0 Å². The summed E-state index contributed by atoms with van der Waals surface area (Å²) in [5, 5.41) is 19.0. The predicted octanol–water partition coefficient (Wildman–Crippen LogP) is 22.3. The van der Waals surface area contributed by atoms with Gasteiger partial charge in [0.1, 0.15) is 22.7 Å². The largest absolute Gasteiger partial charge is 0.477 e. The molecule has 1 N–H and O–H groups in total. The molecule has 1 aliphatic carbocycles. The summed E-state index contributed by atoms with van der Waals surface area (Å²) in [6.07, 6.45) is 13.3. The summed E-state index contributed by atoms with van der Waals surface area (Å²) in [4.78, 5) is 19.5. The molecule has 0 spiro atoms. The number of anilines is 3. The van der Waals surface area contributed by atoms with Gasteiger partial charge in [-0.2, -0.15) is 14.0 Å². The number of thiophene rings is 2. The Labute approximate surface area is 509 Å². The van der Waals surface area contributed by atoms with E-state index in [1.807, 2.05) is 40.9 Å². The van der Waals surface area contributed by atoms with Gasteiger partial charge in [0.2, 0.25) is 0 Å². The van der Waals surface area contributed by atoms with Crippen molar-refractivity contribution in [3.63, 3.8) is 0 Å². The van der Waals surface area contributed by atoms with Crippen molar-refractivity contribution in [3.8, 4) is 71.5 Å². The third-order valence-corrected chi connectivity index (χ3v) is 20.9. The smallest absolute Gasteiger partial charge is 0.346 e. The first kappa shape index (κ1) is 58.1. The van der Waals surface area contributed by atoms with E-state index < -0.39 is 5.97 Å². The summed E-state index contributed by atoms with van der Waals surface area (Å²) in [5.74, 6) is -0.0383. The van der Waals surface area contributed by atoms with Gasteiger partial charge in [-0.3, -0.25) is 0 Å². The number of aryl methyl sites for hydroxylation is 4. The predicted molar refractivity (Wildman–Crippen MR) is 357 cm³/mol. The number of carbonyl (C=O) groups is 1. The lowest BCUT2D eigenvalue weighted by Gasteiger charge is -2.37. The zero-order valence-electron chi connectivity index (χ0n) is 49.7. The van der Waals surface area contributed by atoms with Gasteiger partial charge in [0.05, 0.1) is 11.7 Å². The lowest BCUT2D eigenvalue weighted by atomic mass is 9.70. The van der Waals surface area contributed by atoms with Crippen molar-refractivity contribution in [3.05, 3.63) is 201 Å². The van der Waals surface area contributed by atoms with E-state index in [2.05, 4.69) is 206 Å². The van der Waals surface area contributed by atoms with Gasteiger partial charge in [-0.15, -0.1) is 22.7 Å². The van der Waals surface area contributed by atoms with Crippen molar-refractivity contribution in [2.45, 2.75) is 125 Å². The van der Waals surface area contributed by atoms with Gasteiger partial charge in [0.25, 0.3) is 0 Å². The van der Waals surface area contributed by atoms with Gasteiger partial charge in [0, 0.05) is 53.1 Å². The van der Waals surface area contributed by atoms with Crippen LogP contribution < -0.4 is 4.90 Å². The zero-order valence-corrected chi connectivity index (χ0v) is 52.1. The van der Waals surface area contributed by atoms with Gasteiger partial charge in [0.15, 0.2) is 0 Å². The van der Waals surface area contributed by atoms with Gasteiger partial charge in [-0.05, 0) is 168 Å². The molecule has 7 aromatic carbocycles. The van der Waals surface area contributed by atoms with Gasteiger partial charge < -0.3 is 10.0 Å². The number of hydrogen-bond donors (Lipinski definition) is 1. The van der Waals surface area contributed by atoms with Crippen LogP contribution in [0.5, 0.6) is 0 Å². The SMILES string of the molecule is CCCCC(CC)CC1(CC(CC)CCCC)c2sc(-c3ccc(/C=C(\C#N)C(=O)O)cc3)cc2-c2cc(-c3ccc(-c4ccc(N(c5ccc(-c6ccc(C)cc6C)cc5)c5ccc(-c6ccc(C)cc6C)cc5)cc4)c4nsnc34)sc21. The molecule has 0 fully saturated rings. The minimum absolute atomic E-state index is 0.134. The number of rotatable bonds is 22. The van der Waals surface area contributed by atoms with Crippen LogP contribution >= 0.6 is 34.4 Å². The number of carboxylic acid groups (broad SMARTS) is 1. The molecule has 3 heterocycles. The fraction of sp³-hybridized carbons (Fsp3) is 0.280. The van der Waals surface area contributed by atoms with Crippen LogP contribution in [0.25, 0.3) is 82.5 Å². The van der Waals surface area contributed by atoms with Crippen molar-refractivity contribution in [2.75, 3.05) is 4.90 Å². The molecule has 84 heavy (non-hydrogen) atoms. The molecule has 0 amide bonds. The monoisotopic (exact) mass is 1160 g/mol. The molecule has 0 saturated carbocycles. The van der Waals surface area contributed by atoms with Crippen molar-refractivity contribution in [2.24, 2.45) is 11.8 Å². The summed E-state index contributed by atoms with van der Waals surface area (Å²) in [5.41, 5.74) is 22.4. The minimum atomic E-state index is -1.22. The maximum absolute atomic E-state index is 11.7. The summed E-state index contributed by atoms with van der Waals surface area (Å²) < 4.78 is 10.2. The Morgan fingerprint density at radius 3 is 1.43 bits per heavy atom. The van der Waals surface area contributed by atoms with E-state index in [0.717, 1.165) is 76.0 Å². The Morgan fingerprint density at radius 1 is 0.548 bits per heavy atom. The van der Waals surface area contributed by atoms with Crippen LogP contribution in [0.2, 0.25) is 0 Å². The number of unbranched alkanes of at least 4 members (excludes halogenated alkanes) is 2. The van der Waals surface area contributed by atoms with Gasteiger partial charge >= 0.3 is 5.97 Å². The van der Waals surface area contributed by atoms with Crippen LogP contribution in [0.3, 0.4) is 0 Å². The molecular weight excluding hydrogens is 1090 g/mol. The number of benzene rings is 7.